The van der Waals surface area contributed by atoms with E-state index in [9.17, 15) is 0 Å². The van der Waals surface area contributed by atoms with E-state index < -0.39 is 0 Å². The molecule has 4 saturated heterocycles. The molecule has 1 N–H and O–H groups in total. The van der Waals surface area contributed by atoms with E-state index in [0.717, 1.165) is 25.6 Å². The van der Waals surface area contributed by atoms with E-state index in [1.807, 2.05) is 0 Å². The molecule has 4 aliphatic rings. The summed E-state index contributed by atoms with van der Waals surface area (Å²) in [4.78, 5) is 2.56. The Morgan fingerprint density at radius 1 is 1.31 bits per heavy atom. The number of fused-ring (bicyclic) bond motifs is 2. The molecule has 3 heteroatoms. The average molecular weight is 182 g/mol. The number of piperidine rings is 3. The summed E-state index contributed by atoms with van der Waals surface area (Å²) in [6, 6.07) is 0. The molecule has 74 valence electrons. The fourth-order valence-corrected chi connectivity index (χ4v) is 3.17. The number of hydrogen-bond acceptors (Lipinski definition) is 3. The monoisotopic (exact) mass is 182 g/mol. The lowest BCUT2D eigenvalue weighted by atomic mass is 9.74. The minimum Gasteiger partial charge on any atom is -0.371 e. The molecule has 13 heavy (non-hydrogen) atoms. The van der Waals surface area contributed by atoms with Gasteiger partial charge in [0, 0.05) is 19.6 Å². The van der Waals surface area contributed by atoms with Crippen molar-refractivity contribution in [1.82, 2.24) is 10.2 Å². The zero-order valence-electron chi connectivity index (χ0n) is 8.09. The summed E-state index contributed by atoms with van der Waals surface area (Å²) in [5.74, 6) is 0.824. The van der Waals surface area contributed by atoms with Crippen LogP contribution in [0.2, 0.25) is 0 Å². The molecule has 1 atom stereocenters. The lowest BCUT2D eigenvalue weighted by Gasteiger charge is -2.54. The first-order valence-corrected chi connectivity index (χ1v) is 5.46. The molecule has 4 fully saturated rings. The number of rotatable bonds is 0. The number of ether oxygens (including phenoxy) is 1. The number of morpholine rings is 1. The highest BCUT2D eigenvalue weighted by molar-refractivity contribution is 5.02. The van der Waals surface area contributed by atoms with Gasteiger partial charge in [0.1, 0.15) is 0 Å². The van der Waals surface area contributed by atoms with Crippen LogP contribution in [0, 0.1) is 5.92 Å². The third-order valence-corrected chi connectivity index (χ3v) is 3.92. The van der Waals surface area contributed by atoms with Crippen molar-refractivity contribution in [2.45, 2.75) is 18.4 Å². The summed E-state index contributed by atoms with van der Waals surface area (Å²) in [6.07, 6.45) is 2.70. The topological polar surface area (TPSA) is 24.5 Å². The van der Waals surface area contributed by atoms with Gasteiger partial charge in [0.2, 0.25) is 0 Å². The van der Waals surface area contributed by atoms with Gasteiger partial charge in [0.05, 0.1) is 12.2 Å². The van der Waals surface area contributed by atoms with Crippen molar-refractivity contribution in [3.8, 4) is 0 Å². The second-order valence-corrected chi connectivity index (χ2v) is 4.64. The predicted octanol–water partition coefficient (Wildman–Crippen LogP) is 0.0706. The quantitative estimate of drug-likeness (QED) is 0.574. The first-order chi connectivity index (χ1) is 6.39. The van der Waals surface area contributed by atoms with Crippen LogP contribution in [0.4, 0.5) is 0 Å². The summed E-state index contributed by atoms with van der Waals surface area (Å²) >= 11 is 0. The van der Waals surface area contributed by atoms with Crippen LogP contribution in [0.25, 0.3) is 0 Å². The molecular weight excluding hydrogens is 164 g/mol. The third-order valence-electron chi connectivity index (χ3n) is 3.92. The Labute approximate surface area is 79.4 Å². The Hall–Kier alpha value is -0.120. The van der Waals surface area contributed by atoms with Crippen molar-refractivity contribution in [3.63, 3.8) is 0 Å². The fourth-order valence-electron chi connectivity index (χ4n) is 3.17. The molecule has 1 unspecified atom stereocenters. The van der Waals surface area contributed by atoms with Gasteiger partial charge in [0.15, 0.2) is 0 Å². The van der Waals surface area contributed by atoms with Crippen LogP contribution >= 0.6 is 0 Å². The molecule has 0 aromatic carbocycles. The van der Waals surface area contributed by atoms with Crippen molar-refractivity contribution in [3.05, 3.63) is 0 Å². The lowest BCUT2D eigenvalue weighted by Crippen LogP contribution is -2.66. The summed E-state index contributed by atoms with van der Waals surface area (Å²) in [7, 11) is 0. The zero-order chi connectivity index (χ0) is 8.73. The van der Waals surface area contributed by atoms with Gasteiger partial charge in [-0.3, -0.25) is 0 Å². The van der Waals surface area contributed by atoms with Crippen LogP contribution in [0.3, 0.4) is 0 Å². The molecule has 0 aromatic heterocycles. The Kier molecular flexibility index (Phi) is 1.86. The standard InChI is InChI=1S/C10H18N2O/c1-4-12-5-2-9(1)10(8-12)7-11-3-6-13-10/h9,11H,1-8H2. The number of nitrogens with zero attached hydrogens (tertiary/aromatic N) is 1. The molecular formula is C10H18N2O. The zero-order valence-corrected chi connectivity index (χ0v) is 8.09. The molecule has 0 aromatic rings. The van der Waals surface area contributed by atoms with Gasteiger partial charge >= 0.3 is 0 Å². The maximum atomic E-state index is 6.04. The molecule has 3 nitrogen and oxygen atoms in total. The third kappa shape index (κ3) is 1.22. The highest BCUT2D eigenvalue weighted by Crippen LogP contribution is 2.38. The van der Waals surface area contributed by atoms with Gasteiger partial charge in [-0.15, -0.1) is 0 Å². The van der Waals surface area contributed by atoms with Crippen LogP contribution in [0.15, 0.2) is 0 Å². The number of hydrogen-bond donors (Lipinski definition) is 1. The molecule has 1 spiro atoms. The van der Waals surface area contributed by atoms with Crippen molar-refractivity contribution in [1.29, 1.82) is 0 Å². The van der Waals surface area contributed by atoms with Gasteiger partial charge in [-0.2, -0.15) is 0 Å². The van der Waals surface area contributed by atoms with E-state index >= 15 is 0 Å². The van der Waals surface area contributed by atoms with Gasteiger partial charge in [0.25, 0.3) is 0 Å². The molecule has 0 amide bonds. The van der Waals surface area contributed by atoms with E-state index in [1.54, 1.807) is 0 Å². The Morgan fingerprint density at radius 2 is 2.15 bits per heavy atom. The van der Waals surface area contributed by atoms with Gasteiger partial charge < -0.3 is 15.0 Å². The first kappa shape index (κ1) is 8.21. The molecule has 4 rings (SSSR count). The van der Waals surface area contributed by atoms with Crippen LogP contribution in [0.1, 0.15) is 12.8 Å². The van der Waals surface area contributed by atoms with E-state index in [-0.39, 0.29) is 5.60 Å². The Morgan fingerprint density at radius 3 is 2.69 bits per heavy atom. The highest BCUT2D eigenvalue weighted by Gasteiger charge is 2.48. The number of nitrogens with one attached hydrogen (secondary N) is 1. The minimum absolute atomic E-state index is 0.189. The summed E-state index contributed by atoms with van der Waals surface area (Å²) in [5.41, 5.74) is 0.189. The Bertz CT molecular complexity index is 193. The average Bonchev–Trinajstić information content (AvgIpc) is 2.20. The summed E-state index contributed by atoms with van der Waals surface area (Å²) in [6.45, 7) is 6.79. The van der Waals surface area contributed by atoms with Crippen LogP contribution < -0.4 is 5.32 Å². The molecule has 0 radical (unpaired) electrons. The maximum Gasteiger partial charge on any atom is 0.0961 e. The second-order valence-electron chi connectivity index (χ2n) is 4.64. The maximum absolute atomic E-state index is 6.04. The Balaban J connectivity index is 1.81. The largest absolute Gasteiger partial charge is 0.371 e. The van der Waals surface area contributed by atoms with E-state index in [1.165, 1.54) is 32.5 Å². The summed E-state index contributed by atoms with van der Waals surface area (Å²) in [5, 5.41) is 3.48. The van der Waals surface area contributed by atoms with Gasteiger partial charge in [-0.25, -0.2) is 0 Å². The molecule has 4 aliphatic heterocycles. The van der Waals surface area contributed by atoms with Crippen molar-refractivity contribution in [2.24, 2.45) is 5.92 Å². The molecule has 4 heterocycles. The highest BCUT2D eigenvalue weighted by atomic mass is 16.5. The van der Waals surface area contributed by atoms with Gasteiger partial charge in [-0.05, 0) is 31.8 Å². The van der Waals surface area contributed by atoms with Crippen molar-refractivity contribution >= 4 is 0 Å². The van der Waals surface area contributed by atoms with Crippen molar-refractivity contribution < 1.29 is 4.74 Å². The molecule has 0 aliphatic carbocycles. The van der Waals surface area contributed by atoms with Crippen LogP contribution in [-0.4, -0.2) is 49.8 Å². The second kappa shape index (κ2) is 2.94. The first-order valence-electron chi connectivity index (χ1n) is 5.46. The van der Waals surface area contributed by atoms with Gasteiger partial charge in [-0.1, -0.05) is 0 Å². The van der Waals surface area contributed by atoms with Crippen LogP contribution in [-0.2, 0) is 4.74 Å². The smallest absolute Gasteiger partial charge is 0.0961 e. The van der Waals surface area contributed by atoms with E-state index in [0.29, 0.717) is 0 Å². The van der Waals surface area contributed by atoms with E-state index in [2.05, 4.69) is 10.2 Å². The summed E-state index contributed by atoms with van der Waals surface area (Å²) < 4.78 is 6.04. The molecule has 0 saturated carbocycles. The van der Waals surface area contributed by atoms with E-state index in [4.69, 9.17) is 4.74 Å². The normalized spacial score (nSPS) is 49.8. The van der Waals surface area contributed by atoms with Crippen molar-refractivity contribution in [2.75, 3.05) is 39.3 Å². The minimum atomic E-state index is 0.189. The lowest BCUT2D eigenvalue weighted by molar-refractivity contribution is -0.163. The SMILES string of the molecule is C1COC2(CN1)CN1CCC2CC1. The van der Waals surface area contributed by atoms with Crippen LogP contribution in [0.5, 0.6) is 0 Å². The fraction of sp³-hybridized carbons (Fsp3) is 1.00. The predicted molar refractivity (Wildman–Crippen MR) is 50.7 cm³/mol. The molecule has 2 bridgehead atoms.